The van der Waals surface area contributed by atoms with Gasteiger partial charge in [0, 0.05) is 11.0 Å². The lowest BCUT2D eigenvalue weighted by Crippen LogP contribution is -1.37. The van der Waals surface area contributed by atoms with E-state index in [4.69, 9.17) is 4.74 Å². The average Bonchev–Trinajstić information content (AvgIpc) is 2.41. The summed E-state index contributed by atoms with van der Waals surface area (Å²) in [4.78, 5) is 0. The van der Waals surface area contributed by atoms with Crippen LogP contribution in [-0.4, -0.2) is 11.0 Å². The molecule has 0 amide bonds. The SMILES string of the molecule is [Si].c1ccc2c(c1)O2. The first kappa shape index (κ1) is 5.38. The number of rotatable bonds is 0. The van der Waals surface area contributed by atoms with Gasteiger partial charge in [0.05, 0.1) is 0 Å². The third-order valence-electron chi connectivity index (χ3n) is 1.03. The number of para-hydroxylation sites is 2. The van der Waals surface area contributed by atoms with Crippen molar-refractivity contribution in [2.24, 2.45) is 0 Å². The smallest absolute Gasteiger partial charge is 0.170 e. The van der Waals surface area contributed by atoms with Gasteiger partial charge >= 0.3 is 0 Å². The minimum absolute atomic E-state index is 0. The molecule has 0 saturated heterocycles. The molecule has 1 aliphatic rings. The molecule has 2 rings (SSSR count). The van der Waals surface area contributed by atoms with Crippen LogP contribution >= 0.6 is 0 Å². The molecular formula is C6H4OSi. The van der Waals surface area contributed by atoms with Crippen molar-refractivity contribution in [1.82, 2.24) is 0 Å². The molecule has 0 saturated carbocycles. The number of hydrogen-bond acceptors (Lipinski definition) is 1. The summed E-state index contributed by atoms with van der Waals surface area (Å²) in [5.41, 5.74) is 0. The highest BCUT2D eigenvalue weighted by atomic mass is 28.1. The summed E-state index contributed by atoms with van der Waals surface area (Å²) in [6, 6.07) is 7.84. The predicted molar refractivity (Wildman–Crippen MR) is 32.3 cm³/mol. The summed E-state index contributed by atoms with van der Waals surface area (Å²) < 4.78 is 4.94. The van der Waals surface area contributed by atoms with Crippen molar-refractivity contribution in [3.63, 3.8) is 0 Å². The molecule has 38 valence electrons. The van der Waals surface area contributed by atoms with Gasteiger partial charge < -0.3 is 4.74 Å². The van der Waals surface area contributed by atoms with Gasteiger partial charge in [-0.15, -0.1) is 0 Å². The molecule has 0 aliphatic carbocycles. The molecule has 1 aromatic carbocycles. The fourth-order valence-electron chi connectivity index (χ4n) is 0.611. The highest BCUT2D eigenvalue weighted by Gasteiger charge is 2.15. The van der Waals surface area contributed by atoms with Crippen molar-refractivity contribution in [2.45, 2.75) is 0 Å². The Bertz CT molecular complexity index is 176. The second-order valence-corrected chi connectivity index (χ2v) is 1.55. The first-order chi connectivity index (χ1) is 3.47. The second kappa shape index (κ2) is 1.63. The molecule has 4 radical (unpaired) electrons. The van der Waals surface area contributed by atoms with Crippen LogP contribution in [0.4, 0.5) is 0 Å². The predicted octanol–water partition coefficient (Wildman–Crippen LogP) is 1.41. The molecule has 1 heterocycles. The molecule has 2 heteroatoms. The monoisotopic (exact) mass is 120 g/mol. The fraction of sp³-hybridized carbons (Fsp3) is 0. The maximum atomic E-state index is 4.94. The molecule has 0 bridgehead atoms. The van der Waals surface area contributed by atoms with Crippen LogP contribution in [0.15, 0.2) is 24.3 Å². The zero-order chi connectivity index (χ0) is 4.69. The van der Waals surface area contributed by atoms with E-state index in [1.165, 1.54) is 0 Å². The van der Waals surface area contributed by atoms with Gasteiger partial charge in [-0.3, -0.25) is 0 Å². The van der Waals surface area contributed by atoms with Crippen molar-refractivity contribution in [2.75, 3.05) is 0 Å². The van der Waals surface area contributed by atoms with Crippen LogP contribution in [0.25, 0.3) is 0 Å². The molecule has 1 aromatic rings. The van der Waals surface area contributed by atoms with E-state index in [9.17, 15) is 0 Å². The number of ether oxygens (including phenoxy) is 1. The van der Waals surface area contributed by atoms with E-state index < -0.39 is 0 Å². The molecule has 0 atom stereocenters. The van der Waals surface area contributed by atoms with Gasteiger partial charge in [0.25, 0.3) is 0 Å². The van der Waals surface area contributed by atoms with Crippen LogP contribution in [0.5, 0.6) is 11.5 Å². The average molecular weight is 120 g/mol. The zero-order valence-electron chi connectivity index (χ0n) is 4.22. The Morgan fingerprint density at radius 3 is 1.88 bits per heavy atom. The number of hydrogen-bond donors (Lipinski definition) is 0. The van der Waals surface area contributed by atoms with Gasteiger partial charge in [0.15, 0.2) is 11.5 Å². The Hall–Kier alpha value is -0.763. The van der Waals surface area contributed by atoms with E-state index in [1.807, 2.05) is 24.3 Å². The molecule has 0 N–H and O–H groups in total. The van der Waals surface area contributed by atoms with Crippen molar-refractivity contribution >= 4 is 11.0 Å². The lowest BCUT2D eigenvalue weighted by Gasteiger charge is -1.61. The highest BCUT2D eigenvalue weighted by molar-refractivity contribution is 5.75. The minimum Gasteiger partial charge on any atom is -0.450 e. The lowest BCUT2D eigenvalue weighted by molar-refractivity contribution is 0.650. The maximum Gasteiger partial charge on any atom is 0.170 e. The number of fused-ring (bicyclic) bond motifs is 1. The first-order valence-electron chi connectivity index (χ1n) is 2.24. The van der Waals surface area contributed by atoms with E-state index in [-0.39, 0.29) is 11.0 Å². The third kappa shape index (κ3) is 0.628. The van der Waals surface area contributed by atoms with Crippen molar-refractivity contribution in [3.05, 3.63) is 24.3 Å². The van der Waals surface area contributed by atoms with E-state index in [1.54, 1.807) is 0 Å². The molecule has 1 nitrogen and oxygen atoms in total. The Balaban J connectivity index is 0.000000320. The van der Waals surface area contributed by atoms with Gasteiger partial charge in [-0.25, -0.2) is 0 Å². The largest absolute Gasteiger partial charge is 0.450 e. The third-order valence-corrected chi connectivity index (χ3v) is 1.03. The summed E-state index contributed by atoms with van der Waals surface area (Å²) in [5.74, 6) is 2.06. The normalized spacial score (nSPS) is 10.5. The Labute approximate surface area is 52.3 Å². The Morgan fingerprint density at radius 2 is 1.50 bits per heavy atom. The molecule has 0 unspecified atom stereocenters. The van der Waals surface area contributed by atoms with Crippen molar-refractivity contribution < 1.29 is 4.74 Å². The maximum absolute atomic E-state index is 4.94. The quantitative estimate of drug-likeness (QED) is 0.378. The molecule has 0 fully saturated rings. The van der Waals surface area contributed by atoms with Crippen LogP contribution in [0.3, 0.4) is 0 Å². The lowest BCUT2D eigenvalue weighted by atomic mass is 10.4. The van der Waals surface area contributed by atoms with E-state index >= 15 is 0 Å². The molecule has 1 aliphatic heterocycles. The van der Waals surface area contributed by atoms with Crippen LogP contribution in [-0.2, 0) is 0 Å². The molecule has 0 spiro atoms. The molecular weight excluding hydrogens is 116 g/mol. The fourth-order valence-corrected chi connectivity index (χ4v) is 0.611. The second-order valence-electron chi connectivity index (χ2n) is 1.55. The molecule has 0 aromatic heterocycles. The van der Waals surface area contributed by atoms with E-state index in [2.05, 4.69) is 0 Å². The van der Waals surface area contributed by atoms with Gasteiger partial charge in [0.2, 0.25) is 0 Å². The topological polar surface area (TPSA) is 12.5 Å². The Kier molecular flexibility index (Phi) is 1.10. The van der Waals surface area contributed by atoms with Crippen LogP contribution in [0.2, 0.25) is 0 Å². The minimum atomic E-state index is 0. The highest BCUT2D eigenvalue weighted by Crippen LogP contribution is 2.43. The van der Waals surface area contributed by atoms with E-state index in [0.29, 0.717) is 0 Å². The standard InChI is InChI=1S/C6H4O.Si/c1-2-4-6-5(3-1)7-6;/h1-4H;. The summed E-state index contributed by atoms with van der Waals surface area (Å²) in [5, 5.41) is 0. The summed E-state index contributed by atoms with van der Waals surface area (Å²) >= 11 is 0. The first-order valence-corrected chi connectivity index (χ1v) is 2.24. The van der Waals surface area contributed by atoms with Gasteiger partial charge in [-0.1, -0.05) is 12.1 Å². The number of benzene rings is 1. The van der Waals surface area contributed by atoms with Crippen LogP contribution in [0.1, 0.15) is 0 Å². The van der Waals surface area contributed by atoms with Gasteiger partial charge in [-0.05, 0) is 12.1 Å². The van der Waals surface area contributed by atoms with Gasteiger partial charge in [0.1, 0.15) is 0 Å². The van der Waals surface area contributed by atoms with Crippen molar-refractivity contribution in [1.29, 1.82) is 0 Å². The van der Waals surface area contributed by atoms with Gasteiger partial charge in [-0.2, -0.15) is 0 Å². The zero-order valence-corrected chi connectivity index (χ0v) is 5.22. The molecule has 8 heavy (non-hydrogen) atoms. The van der Waals surface area contributed by atoms with Crippen LogP contribution < -0.4 is 4.74 Å². The Morgan fingerprint density at radius 1 is 1.00 bits per heavy atom. The summed E-state index contributed by atoms with van der Waals surface area (Å²) in [6.45, 7) is 0. The van der Waals surface area contributed by atoms with Crippen LogP contribution in [0, 0.1) is 0 Å². The van der Waals surface area contributed by atoms with E-state index in [0.717, 1.165) is 11.5 Å². The summed E-state index contributed by atoms with van der Waals surface area (Å²) in [7, 11) is 0. The summed E-state index contributed by atoms with van der Waals surface area (Å²) in [6.07, 6.45) is 0. The van der Waals surface area contributed by atoms with Crippen molar-refractivity contribution in [3.8, 4) is 11.5 Å².